The third kappa shape index (κ3) is 1.87. The van der Waals surface area contributed by atoms with Gasteiger partial charge in [-0.15, -0.1) is 11.3 Å². The Morgan fingerprint density at radius 2 is 2.06 bits per heavy atom. The highest BCUT2D eigenvalue weighted by Gasteiger charge is 2.09. The predicted molar refractivity (Wildman–Crippen MR) is 74.9 cm³/mol. The number of thiophene rings is 1. The number of aromatic nitrogens is 2. The van der Waals surface area contributed by atoms with Crippen molar-refractivity contribution in [1.29, 1.82) is 0 Å². The Kier molecular flexibility index (Phi) is 2.76. The van der Waals surface area contributed by atoms with Crippen molar-refractivity contribution in [3.63, 3.8) is 0 Å². The lowest BCUT2D eigenvalue weighted by Gasteiger charge is -2.03. The Morgan fingerprint density at radius 1 is 1.22 bits per heavy atom. The molecule has 18 heavy (non-hydrogen) atoms. The van der Waals surface area contributed by atoms with Gasteiger partial charge in [0.1, 0.15) is 16.5 Å². The molecule has 0 unspecified atom stereocenters. The highest BCUT2D eigenvalue weighted by atomic mass is 79.9. The van der Waals surface area contributed by atoms with E-state index in [9.17, 15) is 4.39 Å². The van der Waals surface area contributed by atoms with Gasteiger partial charge in [-0.25, -0.2) is 14.4 Å². The summed E-state index contributed by atoms with van der Waals surface area (Å²) in [6, 6.07) is 6.54. The van der Waals surface area contributed by atoms with Crippen LogP contribution in [-0.2, 0) is 0 Å². The van der Waals surface area contributed by atoms with Gasteiger partial charge in [-0.3, -0.25) is 0 Å². The highest BCUT2D eigenvalue weighted by molar-refractivity contribution is 9.10. The number of halogens is 2. The fourth-order valence-corrected chi connectivity index (χ4v) is 2.79. The van der Waals surface area contributed by atoms with E-state index in [1.807, 2.05) is 11.4 Å². The third-order valence-corrected chi connectivity index (χ3v) is 3.95. The van der Waals surface area contributed by atoms with Crippen molar-refractivity contribution in [2.45, 2.75) is 0 Å². The standard InChI is InChI=1S/C12H7BrFN3S/c13-8-5-6(1-2-9(8)14)11-16-10(15)7-3-4-18-12(7)17-11/h1-5H,(H2,15,16,17). The number of benzene rings is 1. The normalized spacial score (nSPS) is 11.0. The van der Waals surface area contributed by atoms with Crippen LogP contribution >= 0.6 is 27.3 Å². The van der Waals surface area contributed by atoms with Gasteiger partial charge in [0, 0.05) is 5.56 Å². The zero-order chi connectivity index (χ0) is 12.7. The van der Waals surface area contributed by atoms with Gasteiger partial charge in [0.25, 0.3) is 0 Å². The van der Waals surface area contributed by atoms with E-state index in [0.29, 0.717) is 16.1 Å². The van der Waals surface area contributed by atoms with Gasteiger partial charge in [0.05, 0.1) is 9.86 Å². The first kappa shape index (κ1) is 11.6. The maximum atomic E-state index is 13.2. The van der Waals surface area contributed by atoms with E-state index < -0.39 is 0 Å². The molecule has 0 saturated heterocycles. The number of nitrogen functional groups attached to an aromatic ring is 1. The molecule has 3 aromatic rings. The SMILES string of the molecule is Nc1nc(-c2ccc(F)c(Br)c2)nc2sccc12. The summed E-state index contributed by atoms with van der Waals surface area (Å²) in [5.41, 5.74) is 6.60. The minimum atomic E-state index is -0.316. The number of nitrogens with zero attached hydrogens (tertiary/aromatic N) is 2. The average Bonchev–Trinajstić information content (AvgIpc) is 2.81. The molecule has 1 aromatic carbocycles. The van der Waals surface area contributed by atoms with Crippen LogP contribution in [-0.4, -0.2) is 9.97 Å². The summed E-state index contributed by atoms with van der Waals surface area (Å²) >= 11 is 4.65. The third-order valence-electron chi connectivity index (χ3n) is 2.53. The second-order valence-corrected chi connectivity index (χ2v) is 5.45. The van der Waals surface area contributed by atoms with E-state index in [2.05, 4.69) is 25.9 Å². The van der Waals surface area contributed by atoms with E-state index >= 15 is 0 Å². The number of anilines is 1. The lowest BCUT2D eigenvalue weighted by Crippen LogP contribution is -1.96. The molecule has 0 radical (unpaired) electrons. The van der Waals surface area contributed by atoms with Crippen molar-refractivity contribution in [2.75, 3.05) is 5.73 Å². The Labute approximate surface area is 115 Å². The molecule has 2 aromatic heterocycles. The molecule has 3 rings (SSSR count). The van der Waals surface area contributed by atoms with E-state index in [0.717, 1.165) is 15.8 Å². The Bertz CT molecular complexity index is 741. The molecule has 0 fully saturated rings. The molecule has 0 bridgehead atoms. The zero-order valence-corrected chi connectivity index (χ0v) is 11.4. The van der Waals surface area contributed by atoms with Crippen LogP contribution in [0.25, 0.3) is 21.6 Å². The molecular formula is C12H7BrFN3S. The summed E-state index contributed by atoms with van der Waals surface area (Å²) < 4.78 is 13.6. The second-order valence-electron chi connectivity index (χ2n) is 3.70. The van der Waals surface area contributed by atoms with Gasteiger partial charge in [-0.1, -0.05) is 0 Å². The first-order valence-electron chi connectivity index (χ1n) is 5.11. The van der Waals surface area contributed by atoms with Crippen molar-refractivity contribution in [3.8, 4) is 11.4 Å². The van der Waals surface area contributed by atoms with Crippen molar-refractivity contribution in [3.05, 3.63) is 39.9 Å². The van der Waals surface area contributed by atoms with Gasteiger partial charge in [-0.05, 0) is 45.6 Å². The number of fused-ring (bicyclic) bond motifs is 1. The van der Waals surface area contributed by atoms with Crippen molar-refractivity contribution >= 4 is 43.3 Å². The molecule has 0 spiro atoms. The molecule has 2 heterocycles. The maximum Gasteiger partial charge on any atom is 0.163 e. The van der Waals surface area contributed by atoms with Crippen LogP contribution < -0.4 is 5.73 Å². The summed E-state index contributed by atoms with van der Waals surface area (Å²) in [5.74, 6) is 0.628. The molecule has 0 saturated carbocycles. The lowest BCUT2D eigenvalue weighted by atomic mass is 10.2. The number of rotatable bonds is 1. The largest absolute Gasteiger partial charge is 0.383 e. The Balaban J connectivity index is 2.21. The minimum Gasteiger partial charge on any atom is -0.383 e. The first-order chi connectivity index (χ1) is 8.65. The number of hydrogen-bond acceptors (Lipinski definition) is 4. The number of hydrogen-bond donors (Lipinski definition) is 1. The molecule has 0 amide bonds. The quantitative estimate of drug-likeness (QED) is 0.740. The predicted octanol–water partition coefficient (Wildman–Crippen LogP) is 3.84. The van der Waals surface area contributed by atoms with Crippen molar-refractivity contribution in [1.82, 2.24) is 9.97 Å². The Hall–Kier alpha value is -1.53. The van der Waals surface area contributed by atoms with Crippen molar-refractivity contribution in [2.24, 2.45) is 0 Å². The van der Waals surface area contributed by atoms with E-state index in [-0.39, 0.29) is 5.82 Å². The van der Waals surface area contributed by atoms with Crippen LogP contribution in [0.5, 0.6) is 0 Å². The maximum absolute atomic E-state index is 13.2. The molecule has 0 aliphatic heterocycles. The van der Waals surface area contributed by atoms with E-state index in [1.165, 1.54) is 17.4 Å². The van der Waals surface area contributed by atoms with Gasteiger partial charge < -0.3 is 5.73 Å². The topological polar surface area (TPSA) is 51.8 Å². The molecule has 0 aliphatic carbocycles. The molecule has 2 N–H and O–H groups in total. The van der Waals surface area contributed by atoms with E-state index in [1.54, 1.807) is 12.1 Å². The fraction of sp³-hybridized carbons (Fsp3) is 0. The summed E-state index contributed by atoms with van der Waals surface area (Å²) in [4.78, 5) is 9.50. The zero-order valence-electron chi connectivity index (χ0n) is 9.02. The van der Waals surface area contributed by atoms with Crippen LogP contribution in [0.3, 0.4) is 0 Å². The van der Waals surface area contributed by atoms with E-state index in [4.69, 9.17) is 5.73 Å². The van der Waals surface area contributed by atoms with Gasteiger partial charge in [-0.2, -0.15) is 0 Å². The van der Waals surface area contributed by atoms with Crippen LogP contribution in [0.2, 0.25) is 0 Å². The first-order valence-corrected chi connectivity index (χ1v) is 6.78. The molecule has 0 aliphatic rings. The molecular weight excluding hydrogens is 317 g/mol. The van der Waals surface area contributed by atoms with Crippen LogP contribution in [0.15, 0.2) is 34.1 Å². The van der Waals surface area contributed by atoms with Crippen molar-refractivity contribution < 1.29 is 4.39 Å². The molecule has 0 atom stereocenters. The summed E-state index contributed by atoms with van der Waals surface area (Å²) in [6.07, 6.45) is 0. The summed E-state index contributed by atoms with van der Waals surface area (Å²) in [5, 5.41) is 2.77. The van der Waals surface area contributed by atoms with Gasteiger partial charge in [0.2, 0.25) is 0 Å². The van der Waals surface area contributed by atoms with Gasteiger partial charge in [0.15, 0.2) is 5.82 Å². The monoisotopic (exact) mass is 323 g/mol. The lowest BCUT2D eigenvalue weighted by molar-refractivity contribution is 0.621. The molecule has 90 valence electrons. The average molecular weight is 324 g/mol. The Morgan fingerprint density at radius 3 is 2.83 bits per heavy atom. The van der Waals surface area contributed by atoms with Crippen LogP contribution in [0.1, 0.15) is 0 Å². The number of nitrogens with two attached hydrogens (primary N) is 1. The second kappa shape index (κ2) is 4.29. The van der Waals surface area contributed by atoms with Gasteiger partial charge >= 0.3 is 0 Å². The minimum absolute atomic E-state index is 0.316. The summed E-state index contributed by atoms with van der Waals surface area (Å²) in [7, 11) is 0. The smallest absolute Gasteiger partial charge is 0.163 e. The molecule has 6 heteroatoms. The van der Waals surface area contributed by atoms with Crippen LogP contribution in [0.4, 0.5) is 10.2 Å². The highest BCUT2D eigenvalue weighted by Crippen LogP contribution is 2.28. The summed E-state index contributed by atoms with van der Waals surface area (Å²) in [6.45, 7) is 0. The molecule has 3 nitrogen and oxygen atoms in total. The fourth-order valence-electron chi connectivity index (χ4n) is 1.64. The van der Waals surface area contributed by atoms with Crippen LogP contribution in [0, 0.1) is 5.82 Å².